The second-order valence-corrected chi connectivity index (χ2v) is 7.75. The summed E-state index contributed by atoms with van der Waals surface area (Å²) >= 11 is 0. The number of likely N-dealkylation sites (tertiary alicyclic amines) is 1. The van der Waals surface area contributed by atoms with E-state index in [0.29, 0.717) is 12.0 Å². The van der Waals surface area contributed by atoms with Crippen molar-refractivity contribution in [1.29, 1.82) is 0 Å². The molecular weight excluding hydrogens is 310 g/mol. The van der Waals surface area contributed by atoms with Crippen LogP contribution in [0, 0.1) is 5.92 Å². The van der Waals surface area contributed by atoms with Gasteiger partial charge in [0.1, 0.15) is 5.75 Å². The van der Waals surface area contributed by atoms with Gasteiger partial charge in [-0.15, -0.1) is 0 Å². The van der Waals surface area contributed by atoms with E-state index in [2.05, 4.69) is 66.4 Å². The van der Waals surface area contributed by atoms with Gasteiger partial charge in [-0.3, -0.25) is 5.01 Å². The molecule has 1 N–H and O–H groups in total. The van der Waals surface area contributed by atoms with Crippen LogP contribution in [0.1, 0.15) is 46.5 Å². The minimum atomic E-state index is 0.385. The summed E-state index contributed by atoms with van der Waals surface area (Å²) in [5.41, 5.74) is 6.07. The Hall–Kier alpha value is -1.52. The van der Waals surface area contributed by atoms with Crippen molar-refractivity contribution in [2.24, 2.45) is 5.92 Å². The highest BCUT2D eigenvalue weighted by Gasteiger charge is 2.21. The maximum atomic E-state index is 5.92. The van der Waals surface area contributed by atoms with Gasteiger partial charge in [0.15, 0.2) is 0 Å². The highest BCUT2D eigenvalue weighted by atomic mass is 16.5. The van der Waals surface area contributed by atoms with Crippen LogP contribution in [0.25, 0.3) is 0 Å². The Morgan fingerprint density at radius 3 is 2.56 bits per heavy atom. The number of ether oxygens (including phenoxy) is 1. The molecule has 1 fully saturated rings. The summed E-state index contributed by atoms with van der Waals surface area (Å²) in [5.74, 6) is 1.62. The van der Waals surface area contributed by atoms with E-state index in [1.165, 1.54) is 37.3 Å². The molecule has 2 heterocycles. The van der Waals surface area contributed by atoms with Crippen LogP contribution in [-0.2, 0) is 0 Å². The minimum absolute atomic E-state index is 0.385. The first-order valence-corrected chi connectivity index (χ1v) is 9.84. The molecule has 0 bridgehead atoms. The normalized spacial score (nSPS) is 21.2. The Morgan fingerprint density at radius 1 is 1.16 bits per heavy atom. The molecule has 0 spiro atoms. The first-order valence-electron chi connectivity index (χ1n) is 9.84. The van der Waals surface area contributed by atoms with Gasteiger partial charge in [0.05, 0.1) is 12.3 Å². The van der Waals surface area contributed by atoms with Crippen molar-refractivity contribution in [2.45, 2.75) is 52.5 Å². The molecule has 3 rings (SSSR count). The fraction of sp³-hybridized carbons (Fsp3) is 0.619. The van der Waals surface area contributed by atoms with E-state index in [1.54, 1.807) is 0 Å². The number of hydrazine groups is 1. The maximum Gasteiger partial charge on any atom is 0.119 e. The largest absolute Gasteiger partial charge is 0.494 e. The zero-order valence-electron chi connectivity index (χ0n) is 16.0. The molecule has 1 unspecified atom stereocenters. The number of benzene rings is 1. The molecule has 138 valence electrons. The lowest BCUT2D eigenvalue weighted by Gasteiger charge is -2.24. The summed E-state index contributed by atoms with van der Waals surface area (Å²) in [6.45, 7) is 11.2. The Kier molecular flexibility index (Phi) is 6.38. The van der Waals surface area contributed by atoms with E-state index in [9.17, 15) is 0 Å². The summed E-state index contributed by atoms with van der Waals surface area (Å²) < 4.78 is 5.92. The number of hydrogen-bond donors (Lipinski definition) is 1. The predicted molar refractivity (Wildman–Crippen MR) is 105 cm³/mol. The van der Waals surface area contributed by atoms with Gasteiger partial charge in [-0.25, -0.2) is 5.43 Å². The van der Waals surface area contributed by atoms with Crippen LogP contribution in [-0.4, -0.2) is 37.2 Å². The molecule has 0 aliphatic carbocycles. The first-order chi connectivity index (χ1) is 12.1. The van der Waals surface area contributed by atoms with E-state index in [1.807, 2.05) is 0 Å². The summed E-state index contributed by atoms with van der Waals surface area (Å²) in [6, 6.07) is 8.85. The Morgan fingerprint density at radius 2 is 1.88 bits per heavy atom. The molecule has 1 aromatic carbocycles. The number of anilines is 1. The van der Waals surface area contributed by atoms with E-state index in [-0.39, 0.29) is 0 Å². The quantitative estimate of drug-likeness (QED) is 0.716. The average molecular weight is 344 g/mol. The number of nitrogens with one attached hydrogen (secondary N) is 1. The average Bonchev–Trinajstić information content (AvgIpc) is 3.21. The van der Waals surface area contributed by atoms with Crippen molar-refractivity contribution in [2.75, 3.05) is 31.3 Å². The van der Waals surface area contributed by atoms with Crippen LogP contribution >= 0.6 is 0 Å². The number of hydrogen-bond acceptors (Lipinski definition) is 4. The van der Waals surface area contributed by atoms with Gasteiger partial charge in [0, 0.05) is 18.3 Å². The third-order valence-corrected chi connectivity index (χ3v) is 4.86. The van der Waals surface area contributed by atoms with Gasteiger partial charge >= 0.3 is 0 Å². The van der Waals surface area contributed by atoms with E-state index in [0.717, 1.165) is 31.7 Å². The van der Waals surface area contributed by atoms with Crippen molar-refractivity contribution >= 4 is 5.69 Å². The molecule has 0 amide bonds. The zero-order chi connectivity index (χ0) is 17.6. The lowest BCUT2D eigenvalue weighted by molar-refractivity contribution is 0.263. The fourth-order valence-electron chi connectivity index (χ4n) is 3.68. The van der Waals surface area contributed by atoms with Crippen molar-refractivity contribution in [1.82, 2.24) is 10.3 Å². The molecule has 1 aromatic rings. The molecule has 0 saturated carbocycles. The summed E-state index contributed by atoms with van der Waals surface area (Å²) in [7, 11) is 0. The van der Waals surface area contributed by atoms with Crippen molar-refractivity contribution < 1.29 is 4.74 Å². The van der Waals surface area contributed by atoms with Gasteiger partial charge in [-0.2, -0.15) is 0 Å². The number of nitrogens with zero attached hydrogens (tertiary/aromatic N) is 2. The van der Waals surface area contributed by atoms with Crippen molar-refractivity contribution in [3.63, 3.8) is 0 Å². The van der Waals surface area contributed by atoms with E-state index >= 15 is 0 Å². The van der Waals surface area contributed by atoms with Gasteiger partial charge in [-0.05, 0) is 82.0 Å². The first kappa shape index (κ1) is 18.3. The molecule has 2 aliphatic rings. The standard InChI is InChI=1S/C21H33N3O/c1-17(2)15-20-16-18(3)22-24(20)19-7-9-21(10-8-19)25-14-6-13-23-11-4-5-12-23/h7-10,16-18,22H,4-6,11-15H2,1-3H3. The van der Waals surface area contributed by atoms with Crippen LogP contribution in [0.3, 0.4) is 0 Å². The SMILES string of the molecule is CC(C)CC1=CC(C)NN1c1ccc(OCCCN2CCCC2)cc1. The number of allylic oxidation sites excluding steroid dienone is 1. The van der Waals surface area contributed by atoms with Crippen LogP contribution in [0.15, 0.2) is 36.0 Å². The monoisotopic (exact) mass is 343 g/mol. The minimum Gasteiger partial charge on any atom is -0.494 e. The van der Waals surface area contributed by atoms with E-state index in [4.69, 9.17) is 4.74 Å². The highest BCUT2D eigenvalue weighted by molar-refractivity contribution is 5.54. The van der Waals surface area contributed by atoms with Crippen LogP contribution < -0.4 is 15.2 Å². The van der Waals surface area contributed by atoms with Gasteiger partial charge in [-0.1, -0.05) is 13.8 Å². The Bertz CT molecular complexity index is 561. The smallest absolute Gasteiger partial charge is 0.119 e. The number of rotatable bonds is 8. The maximum absolute atomic E-state index is 5.92. The second kappa shape index (κ2) is 8.72. The third kappa shape index (κ3) is 5.23. The highest BCUT2D eigenvalue weighted by Crippen LogP contribution is 2.28. The molecule has 2 aliphatic heterocycles. The Balaban J connectivity index is 1.48. The van der Waals surface area contributed by atoms with Gasteiger partial charge in [0.25, 0.3) is 0 Å². The van der Waals surface area contributed by atoms with Gasteiger partial charge in [0.2, 0.25) is 0 Å². The summed E-state index contributed by atoms with van der Waals surface area (Å²) in [4.78, 5) is 2.54. The lowest BCUT2D eigenvalue weighted by atomic mass is 10.1. The summed E-state index contributed by atoms with van der Waals surface area (Å²) in [6.07, 6.45) is 7.24. The fourth-order valence-corrected chi connectivity index (χ4v) is 3.68. The molecule has 25 heavy (non-hydrogen) atoms. The summed E-state index contributed by atoms with van der Waals surface area (Å²) in [5, 5.41) is 2.22. The molecular formula is C21H33N3O. The topological polar surface area (TPSA) is 27.7 Å². The molecule has 0 radical (unpaired) electrons. The molecule has 0 aromatic heterocycles. The van der Waals surface area contributed by atoms with Crippen molar-refractivity contribution in [3.8, 4) is 5.75 Å². The molecule has 4 nitrogen and oxygen atoms in total. The third-order valence-electron chi connectivity index (χ3n) is 4.86. The van der Waals surface area contributed by atoms with Gasteiger partial charge < -0.3 is 9.64 Å². The van der Waals surface area contributed by atoms with Crippen LogP contribution in [0.4, 0.5) is 5.69 Å². The second-order valence-electron chi connectivity index (χ2n) is 7.75. The molecule has 4 heteroatoms. The van der Waals surface area contributed by atoms with Crippen molar-refractivity contribution in [3.05, 3.63) is 36.0 Å². The predicted octanol–water partition coefficient (Wildman–Crippen LogP) is 4.19. The Labute approximate surface area is 152 Å². The van der Waals surface area contributed by atoms with Crippen LogP contribution in [0.5, 0.6) is 5.75 Å². The molecule has 1 atom stereocenters. The zero-order valence-corrected chi connectivity index (χ0v) is 16.0. The van der Waals surface area contributed by atoms with Crippen LogP contribution in [0.2, 0.25) is 0 Å². The lowest BCUT2D eigenvalue weighted by Crippen LogP contribution is -2.36. The van der Waals surface area contributed by atoms with E-state index < -0.39 is 0 Å². The molecule has 1 saturated heterocycles.